The topological polar surface area (TPSA) is 23.8 Å². The lowest BCUT2D eigenvalue weighted by Crippen LogP contribution is -2.12. The van der Waals surface area contributed by atoms with Gasteiger partial charge in [-0.25, -0.2) is 8.78 Å². The van der Waals surface area contributed by atoms with Crippen molar-refractivity contribution in [3.63, 3.8) is 0 Å². The van der Waals surface area contributed by atoms with Crippen LogP contribution in [0, 0.1) is 11.3 Å². The number of benzene rings is 1. The van der Waals surface area contributed by atoms with Crippen LogP contribution >= 0.6 is 0 Å². The minimum absolute atomic E-state index is 0.0112. The highest BCUT2D eigenvalue weighted by Gasteiger charge is 2.29. The minimum atomic E-state index is -2.78. The van der Waals surface area contributed by atoms with E-state index in [4.69, 9.17) is 5.26 Å². The SMILES string of the molecule is CCCC(F)(F)c1cccc(CC#N)c1. The molecule has 1 rings (SSSR count). The van der Waals surface area contributed by atoms with E-state index in [1.165, 1.54) is 12.1 Å². The quantitative estimate of drug-likeness (QED) is 0.742. The molecule has 0 radical (unpaired) electrons. The fourth-order valence-corrected chi connectivity index (χ4v) is 1.46. The van der Waals surface area contributed by atoms with Gasteiger partial charge in [0.15, 0.2) is 0 Å². The van der Waals surface area contributed by atoms with Crippen molar-refractivity contribution in [2.75, 3.05) is 0 Å². The number of alkyl halides is 2. The van der Waals surface area contributed by atoms with Crippen LogP contribution in [0.1, 0.15) is 30.9 Å². The summed E-state index contributed by atoms with van der Waals surface area (Å²) in [5.74, 6) is -2.78. The van der Waals surface area contributed by atoms with Crippen molar-refractivity contribution in [1.29, 1.82) is 5.26 Å². The van der Waals surface area contributed by atoms with Crippen molar-refractivity contribution in [2.45, 2.75) is 32.1 Å². The molecule has 1 nitrogen and oxygen atoms in total. The predicted octanol–water partition coefficient (Wildman–Crippen LogP) is 3.64. The van der Waals surface area contributed by atoms with E-state index in [0.29, 0.717) is 12.0 Å². The molecule has 0 aliphatic heterocycles. The molecule has 0 saturated heterocycles. The van der Waals surface area contributed by atoms with Crippen LogP contribution in [0.5, 0.6) is 0 Å². The first-order valence-electron chi connectivity index (χ1n) is 4.94. The van der Waals surface area contributed by atoms with Gasteiger partial charge >= 0.3 is 0 Å². The summed E-state index contributed by atoms with van der Waals surface area (Å²) < 4.78 is 27.0. The standard InChI is InChI=1S/C12H13F2N/c1-2-7-12(13,14)11-5-3-4-10(9-11)6-8-15/h3-5,9H,2,6-7H2,1H3. The minimum Gasteiger partial charge on any atom is -0.201 e. The Balaban J connectivity index is 2.94. The van der Waals surface area contributed by atoms with Gasteiger partial charge in [-0.3, -0.25) is 0 Å². The Hall–Kier alpha value is -1.43. The van der Waals surface area contributed by atoms with Crippen molar-refractivity contribution in [2.24, 2.45) is 0 Å². The Bertz CT molecular complexity index is 366. The highest BCUT2D eigenvalue weighted by molar-refractivity contribution is 5.28. The highest BCUT2D eigenvalue weighted by atomic mass is 19.3. The summed E-state index contributed by atoms with van der Waals surface area (Å²) in [4.78, 5) is 0. The van der Waals surface area contributed by atoms with Crippen LogP contribution in [0.15, 0.2) is 24.3 Å². The van der Waals surface area contributed by atoms with E-state index in [1.54, 1.807) is 19.1 Å². The molecule has 0 aliphatic rings. The molecule has 0 N–H and O–H groups in total. The molecule has 1 aromatic carbocycles. The van der Waals surface area contributed by atoms with Gasteiger partial charge in [-0.15, -0.1) is 0 Å². The summed E-state index contributed by atoms with van der Waals surface area (Å²) in [5.41, 5.74) is 0.655. The van der Waals surface area contributed by atoms with Crippen molar-refractivity contribution in [1.82, 2.24) is 0 Å². The maximum atomic E-state index is 13.5. The first-order valence-corrected chi connectivity index (χ1v) is 4.94. The van der Waals surface area contributed by atoms with Gasteiger partial charge in [-0.05, 0) is 11.6 Å². The van der Waals surface area contributed by atoms with Gasteiger partial charge in [-0.1, -0.05) is 31.5 Å². The van der Waals surface area contributed by atoms with Crippen molar-refractivity contribution >= 4 is 0 Å². The number of hydrogen-bond acceptors (Lipinski definition) is 1. The zero-order valence-electron chi connectivity index (χ0n) is 8.63. The molecule has 80 valence electrons. The van der Waals surface area contributed by atoms with Gasteiger partial charge in [0.2, 0.25) is 0 Å². The molecule has 0 aromatic heterocycles. The molecule has 0 atom stereocenters. The van der Waals surface area contributed by atoms with Crippen LogP contribution in [0.3, 0.4) is 0 Å². The second-order valence-electron chi connectivity index (χ2n) is 3.49. The maximum Gasteiger partial charge on any atom is 0.273 e. The number of halogens is 2. The van der Waals surface area contributed by atoms with Crippen LogP contribution in [-0.2, 0) is 12.3 Å². The van der Waals surface area contributed by atoms with E-state index in [1.807, 2.05) is 6.07 Å². The van der Waals surface area contributed by atoms with Crippen molar-refractivity contribution in [3.8, 4) is 6.07 Å². The molecule has 0 saturated carbocycles. The average molecular weight is 209 g/mol. The highest BCUT2D eigenvalue weighted by Crippen LogP contribution is 2.33. The van der Waals surface area contributed by atoms with Crippen LogP contribution < -0.4 is 0 Å². The molecule has 0 unspecified atom stereocenters. The smallest absolute Gasteiger partial charge is 0.201 e. The zero-order valence-corrected chi connectivity index (χ0v) is 8.63. The van der Waals surface area contributed by atoms with Crippen molar-refractivity contribution in [3.05, 3.63) is 35.4 Å². The van der Waals surface area contributed by atoms with Crippen LogP contribution in [0.25, 0.3) is 0 Å². The number of nitrogens with zero attached hydrogens (tertiary/aromatic N) is 1. The number of hydrogen-bond donors (Lipinski definition) is 0. The zero-order chi connectivity index (χ0) is 11.3. The molecule has 0 bridgehead atoms. The van der Waals surface area contributed by atoms with E-state index < -0.39 is 5.92 Å². The molecule has 0 spiro atoms. The summed E-state index contributed by atoms with van der Waals surface area (Å²) in [6.07, 6.45) is 0.467. The summed E-state index contributed by atoms with van der Waals surface area (Å²) in [7, 11) is 0. The molecule has 1 aromatic rings. The molecule has 3 heteroatoms. The summed E-state index contributed by atoms with van der Waals surface area (Å²) in [6.45, 7) is 1.73. The van der Waals surface area contributed by atoms with Crippen LogP contribution in [0.4, 0.5) is 8.78 Å². The Kier molecular flexibility index (Phi) is 3.79. The number of rotatable bonds is 4. The molecule has 0 fully saturated rings. The number of nitriles is 1. The van der Waals surface area contributed by atoms with Gasteiger partial charge in [0.05, 0.1) is 12.5 Å². The second-order valence-corrected chi connectivity index (χ2v) is 3.49. The maximum absolute atomic E-state index is 13.5. The monoisotopic (exact) mass is 209 g/mol. The van der Waals surface area contributed by atoms with E-state index in [9.17, 15) is 8.78 Å². The van der Waals surface area contributed by atoms with Crippen molar-refractivity contribution < 1.29 is 8.78 Å². The lowest BCUT2D eigenvalue weighted by molar-refractivity contribution is -0.0140. The Labute approximate surface area is 88.3 Å². The van der Waals surface area contributed by atoms with E-state index in [2.05, 4.69) is 0 Å². The van der Waals surface area contributed by atoms with Gasteiger partial charge in [0, 0.05) is 12.0 Å². The Morgan fingerprint density at radius 1 is 1.40 bits per heavy atom. The lowest BCUT2D eigenvalue weighted by Gasteiger charge is -2.16. The van der Waals surface area contributed by atoms with E-state index in [-0.39, 0.29) is 18.4 Å². The fourth-order valence-electron chi connectivity index (χ4n) is 1.46. The summed E-state index contributed by atoms with van der Waals surface area (Å²) in [5, 5.41) is 8.48. The largest absolute Gasteiger partial charge is 0.273 e. The lowest BCUT2D eigenvalue weighted by atomic mass is 10.0. The second kappa shape index (κ2) is 4.88. The molecule has 0 heterocycles. The predicted molar refractivity (Wildman–Crippen MR) is 54.6 cm³/mol. The van der Waals surface area contributed by atoms with Crippen LogP contribution in [0.2, 0.25) is 0 Å². The third kappa shape index (κ3) is 3.02. The first kappa shape index (κ1) is 11.6. The summed E-state index contributed by atoms with van der Waals surface area (Å²) in [6, 6.07) is 8.04. The van der Waals surface area contributed by atoms with Crippen LogP contribution in [-0.4, -0.2) is 0 Å². The molecular formula is C12H13F2N. The van der Waals surface area contributed by atoms with Gasteiger partial charge in [0.1, 0.15) is 0 Å². The Morgan fingerprint density at radius 2 is 2.13 bits per heavy atom. The normalized spacial score (nSPS) is 11.1. The van der Waals surface area contributed by atoms with E-state index >= 15 is 0 Å². The van der Waals surface area contributed by atoms with E-state index in [0.717, 1.165) is 0 Å². The Morgan fingerprint density at radius 3 is 2.73 bits per heavy atom. The summed E-state index contributed by atoms with van der Waals surface area (Å²) >= 11 is 0. The third-order valence-electron chi connectivity index (χ3n) is 2.20. The fraction of sp³-hybridized carbons (Fsp3) is 0.417. The molecule has 15 heavy (non-hydrogen) atoms. The molecule has 0 amide bonds. The molecular weight excluding hydrogens is 196 g/mol. The third-order valence-corrected chi connectivity index (χ3v) is 2.20. The van der Waals surface area contributed by atoms with Gasteiger partial charge < -0.3 is 0 Å². The average Bonchev–Trinajstić information content (AvgIpc) is 2.19. The van der Waals surface area contributed by atoms with Gasteiger partial charge in [0.25, 0.3) is 5.92 Å². The molecule has 0 aliphatic carbocycles. The first-order chi connectivity index (χ1) is 7.10. The van der Waals surface area contributed by atoms with Gasteiger partial charge in [-0.2, -0.15) is 5.26 Å².